The maximum absolute atomic E-state index is 11.8. The third-order valence-corrected chi connectivity index (χ3v) is 4.99. The molecule has 5 nitrogen and oxygen atoms in total. The third-order valence-electron chi connectivity index (χ3n) is 4.08. The number of carbonyl (C=O) groups is 2. The number of hydrogen-bond donors (Lipinski definition) is 0. The molecule has 0 spiro atoms. The molecule has 2 aromatic rings. The Morgan fingerprint density at radius 3 is 2.96 bits per heavy atom. The van der Waals surface area contributed by atoms with Gasteiger partial charge in [0.15, 0.2) is 10.9 Å². The molecule has 0 aliphatic heterocycles. The number of rotatable bonds is 5. The predicted octanol–water partition coefficient (Wildman–Crippen LogP) is 3.61. The number of fused-ring (bicyclic) bond motifs is 1. The molecule has 0 bridgehead atoms. The Hall–Kier alpha value is -2.21. The topological polar surface area (TPSA) is 59.5 Å². The minimum Gasteiger partial charge on any atom is -0.487 e. The molecule has 1 aliphatic rings. The van der Waals surface area contributed by atoms with Gasteiger partial charge < -0.3 is 4.74 Å². The van der Waals surface area contributed by atoms with Crippen molar-refractivity contribution >= 4 is 28.2 Å². The van der Waals surface area contributed by atoms with Crippen molar-refractivity contribution < 1.29 is 14.3 Å². The summed E-state index contributed by atoms with van der Waals surface area (Å²) in [7, 11) is 0. The van der Waals surface area contributed by atoms with Gasteiger partial charge in [-0.25, -0.2) is 4.98 Å². The highest BCUT2D eigenvalue weighted by Crippen LogP contribution is 2.26. The van der Waals surface area contributed by atoms with E-state index in [2.05, 4.69) is 4.98 Å². The van der Waals surface area contributed by atoms with Gasteiger partial charge in [-0.2, -0.15) is 0 Å². The molecule has 0 atom stereocenters. The third kappa shape index (κ3) is 3.48. The zero-order valence-corrected chi connectivity index (χ0v) is 14.7. The fourth-order valence-electron chi connectivity index (χ4n) is 2.85. The first-order valence-corrected chi connectivity index (χ1v) is 8.98. The van der Waals surface area contributed by atoms with E-state index in [4.69, 9.17) is 4.74 Å². The Balaban J connectivity index is 1.67. The van der Waals surface area contributed by atoms with Crippen molar-refractivity contribution in [1.29, 1.82) is 0 Å². The van der Waals surface area contributed by atoms with E-state index in [1.165, 1.54) is 18.3 Å². The first-order valence-electron chi connectivity index (χ1n) is 8.10. The van der Waals surface area contributed by atoms with Crippen molar-refractivity contribution in [1.82, 2.24) is 4.98 Å². The Morgan fingerprint density at radius 2 is 2.21 bits per heavy atom. The summed E-state index contributed by atoms with van der Waals surface area (Å²) in [5, 5.41) is 2.60. The highest BCUT2D eigenvalue weighted by Gasteiger charge is 2.18. The van der Waals surface area contributed by atoms with Gasteiger partial charge in [-0.1, -0.05) is 0 Å². The number of carbonyl (C=O) groups excluding carboxylic acids is 2. The van der Waals surface area contributed by atoms with Gasteiger partial charge in [-0.3, -0.25) is 14.5 Å². The van der Waals surface area contributed by atoms with Crippen LogP contribution < -0.4 is 9.64 Å². The fourth-order valence-corrected chi connectivity index (χ4v) is 3.77. The summed E-state index contributed by atoms with van der Waals surface area (Å²) < 4.78 is 5.81. The van der Waals surface area contributed by atoms with E-state index in [-0.39, 0.29) is 11.7 Å². The lowest BCUT2D eigenvalue weighted by Gasteiger charge is -2.16. The van der Waals surface area contributed by atoms with Gasteiger partial charge >= 0.3 is 0 Å². The number of nitrogens with zero attached hydrogens (tertiary/aromatic N) is 2. The van der Waals surface area contributed by atoms with Crippen LogP contribution in [0.1, 0.15) is 48.3 Å². The number of ketones is 1. The number of Topliss-reactive ketones (excluding diaryl/α,β-unsaturated/α-hetero) is 1. The first-order chi connectivity index (χ1) is 11.6. The second kappa shape index (κ2) is 7.13. The predicted molar refractivity (Wildman–Crippen MR) is 93.9 cm³/mol. The lowest BCUT2D eigenvalue weighted by Crippen LogP contribution is -2.27. The van der Waals surface area contributed by atoms with E-state index in [0.29, 0.717) is 24.7 Å². The summed E-state index contributed by atoms with van der Waals surface area (Å²) in [4.78, 5) is 29.5. The zero-order valence-electron chi connectivity index (χ0n) is 13.9. The number of thiazole rings is 1. The quantitative estimate of drug-likeness (QED) is 0.831. The molecule has 0 saturated heterocycles. The summed E-state index contributed by atoms with van der Waals surface area (Å²) >= 11 is 1.44. The molecular formula is C18H20N2O3S. The van der Waals surface area contributed by atoms with Gasteiger partial charge in [0.1, 0.15) is 12.4 Å². The van der Waals surface area contributed by atoms with Crippen molar-refractivity contribution in [3.63, 3.8) is 0 Å². The minimum atomic E-state index is -0.0151. The molecule has 24 heavy (non-hydrogen) atoms. The standard InChI is InChI=1S/C18H20N2O3S/c1-3-20(12(2)21)18-19-14(11-24-18)10-23-15-7-8-16-13(9-15)5-4-6-17(16)22/h7-9,11H,3-6,10H2,1-2H3. The molecule has 0 saturated carbocycles. The van der Waals surface area contributed by atoms with Crippen molar-refractivity contribution in [3.8, 4) is 5.75 Å². The number of ether oxygens (including phenoxy) is 1. The van der Waals surface area contributed by atoms with Gasteiger partial charge in [0.25, 0.3) is 0 Å². The average molecular weight is 344 g/mol. The van der Waals surface area contributed by atoms with E-state index in [0.717, 1.165) is 35.4 Å². The van der Waals surface area contributed by atoms with Gasteiger partial charge in [0.05, 0.1) is 5.69 Å². The number of aryl methyl sites for hydroxylation is 1. The van der Waals surface area contributed by atoms with Crippen LogP contribution in [0.4, 0.5) is 5.13 Å². The van der Waals surface area contributed by atoms with Crippen LogP contribution >= 0.6 is 11.3 Å². The number of anilines is 1. The molecule has 1 aromatic heterocycles. The van der Waals surface area contributed by atoms with Gasteiger partial charge in [-0.05, 0) is 43.5 Å². The Morgan fingerprint density at radius 1 is 1.38 bits per heavy atom. The second-order valence-electron chi connectivity index (χ2n) is 5.77. The first kappa shape index (κ1) is 16.6. The largest absolute Gasteiger partial charge is 0.487 e. The number of hydrogen-bond acceptors (Lipinski definition) is 5. The van der Waals surface area contributed by atoms with Crippen molar-refractivity contribution in [2.75, 3.05) is 11.4 Å². The zero-order chi connectivity index (χ0) is 17.1. The van der Waals surface area contributed by atoms with E-state index >= 15 is 0 Å². The molecule has 3 rings (SSSR count). The van der Waals surface area contributed by atoms with Gasteiger partial charge in [0, 0.05) is 30.8 Å². The molecule has 0 radical (unpaired) electrons. The van der Waals surface area contributed by atoms with E-state index in [1.54, 1.807) is 4.90 Å². The van der Waals surface area contributed by atoms with Crippen LogP contribution in [0, 0.1) is 0 Å². The van der Waals surface area contributed by atoms with Crippen LogP contribution in [0.15, 0.2) is 23.6 Å². The fraction of sp³-hybridized carbons (Fsp3) is 0.389. The van der Waals surface area contributed by atoms with E-state index in [1.807, 2.05) is 30.5 Å². The monoisotopic (exact) mass is 344 g/mol. The molecular weight excluding hydrogens is 324 g/mol. The summed E-state index contributed by atoms with van der Waals surface area (Å²) in [5.74, 6) is 0.950. The van der Waals surface area contributed by atoms with E-state index < -0.39 is 0 Å². The SMILES string of the molecule is CCN(C(C)=O)c1nc(COc2ccc3c(c2)CCCC3=O)cs1. The van der Waals surface area contributed by atoms with Crippen LogP contribution in [0.25, 0.3) is 0 Å². The van der Waals surface area contributed by atoms with Crippen LogP contribution in [0.5, 0.6) is 5.75 Å². The van der Waals surface area contributed by atoms with E-state index in [9.17, 15) is 9.59 Å². The Kier molecular flexibility index (Phi) is 4.94. The highest BCUT2D eigenvalue weighted by molar-refractivity contribution is 7.14. The van der Waals surface area contributed by atoms with Crippen LogP contribution in [0.2, 0.25) is 0 Å². The molecule has 1 amide bonds. The summed E-state index contributed by atoms with van der Waals surface area (Å²) in [6.07, 6.45) is 2.46. The Bertz CT molecular complexity index is 769. The van der Waals surface area contributed by atoms with Crippen LogP contribution in [0.3, 0.4) is 0 Å². The number of amides is 1. The van der Waals surface area contributed by atoms with Crippen LogP contribution in [-0.4, -0.2) is 23.2 Å². The molecule has 0 unspecified atom stereocenters. The minimum absolute atomic E-state index is 0.0151. The summed E-state index contributed by atoms with van der Waals surface area (Å²) in [6.45, 7) is 4.41. The second-order valence-corrected chi connectivity index (χ2v) is 6.61. The molecule has 6 heteroatoms. The highest BCUT2D eigenvalue weighted by atomic mass is 32.1. The molecule has 1 heterocycles. The smallest absolute Gasteiger partial charge is 0.225 e. The van der Waals surface area contributed by atoms with Crippen LogP contribution in [-0.2, 0) is 17.8 Å². The average Bonchev–Trinajstić information content (AvgIpc) is 3.02. The van der Waals surface area contributed by atoms with Gasteiger partial charge in [-0.15, -0.1) is 11.3 Å². The molecule has 126 valence electrons. The van der Waals surface area contributed by atoms with Crippen molar-refractivity contribution in [3.05, 3.63) is 40.4 Å². The molecule has 1 aliphatic carbocycles. The van der Waals surface area contributed by atoms with Crippen molar-refractivity contribution in [2.45, 2.75) is 39.7 Å². The summed E-state index contributed by atoms with van der Waals surface area (Å²) in [6, 6.07) is 5.64. The summed E-state index contributed by atoms with van der Waals surface area (Å²) in [5.41, 5.74) is 2.68. The molecule has 0 N–H and O–H groups in total. The number of aromatic nitrogens is 1. The lowest BCUT2D eigenvalue weighted by molar-refractivity contribution is -0.116. The molecule has 1 aromatic carbocycles. The Labute approximate surface area is 145 Å². The molecule has 0 fully saturated rings. The van der Waals surface area contributed by atoms with Crippen molar-refractivity contribution in [2.24, 2.45) is 0 Å². The number of benzene rings is 1. The lowest BCUT2D eigenvalue weighted by atomic mass is 9.91. The maximum atomic E-state index is 11.8. The normalized spacial score (nSPS) is 13.5. The van der Waals surface area contributed by atoms with Gasteiger partial charge in [0.2, 0.25) is 5.91 Å². The maximum Gasteiger partial charge on any atom is 0.225 e.